The molecule has 0 N–H and O–H groups in total. The molecule has 0 amide bonds. The molecule has 10 aromatic rings. The predicted molar refractivity (Wildman–Crippen MR) is 260 cm³/mol. The maximum atomic E-state index is 6.66. The van der Waals surface area contributed by atoms with Crippen LogP contribution in [-0.4, -0.2) is 0 Å². The van der Waals surface area contributed by atoms with E-state index in [0.717, 1.165) is 61.9 Å². The number of anilines is 3. The molecule has 2 nitrogen and oxygen atoms in total. The van der Waals surface area contributed by atoms with Gasteiger partial charge in [-0.1, -0.05) is 206 Å². The number of hydrogen-bond donors (Lipinski definition) is 0. The van der Waals surface area contributed by atoms with Crippen LogP contribution in [0, 0.1) is 0 Å². The van der Waals surface area contributed by atoms with Crippen molar-refractivity contribution >= 4 is 17.1 Å². The third-order valence-corrected chi connectivity index (χ3v) is 13.0. The quantitative estimate of drug-likeness (QED) is 0.159. The zero-order chi connectivity index (χ0) is 41.7. The molecule has 0 saturated heterocycles. The molecule has 1 aliphatic heterocycles. The molecular weight excluding hydrogens is 763 g/mol. The molecule has 296 valence electrons. The zero-order valence-corrected chi connectivity index (χ0v) is 34.5. The molecule has 2 aliphatic rings. The lowest BCUT2D eigenvalue weighted by atomic mass is 9.66. The Hall–Kier alpha value is -8.20. The first kappa shape index (κ1) is 36.6. The summed E-state index contributed by atoms with van der Waals surface area (Å²) in [5, 5.41) is 0. The molecule has 0 aromatic heterocycles. The van der Waals surface area contributed by atoms with E-state index in [1.807, 2.05) is 0 Å². The van der Waals surface area contributed by atoms with Crippen LogP contribution in [0.15, 0.2) is 249 Å². The van der Waals surface area contributed by atoms with E-state index in [4.69, 9.17) is 4.74 Å². The normalized spacial score (nSPS) is 12.7. The van der Waals surface area contributed by atoms with Crippen LogP contribution in [0.3, 0.4) is 0 Å². The van der Waals surface area contributed by atoms with E-state index < -0.39 is 5.41 Å². The summed E-state index contributed by atoms with van der Waals surface area (Å²) < 4.78 is 6.66. The third kappa shape index (κ3) is 5.95. The molecule has 63 heavy (non-hydrogen) atoms. The highest BCUT2D eigenvalue weighted by Gasteiger charge is 2.51. The summed E-state index contributed by atoms with van der Waals surface area (Å²) in [4.78, 5) is 2.45. The molecule has 1 spiro atoms. The maximum Gasteiger partial charge on any atom is 0.132 e. The second kappa shape index (κ2) is 15.1. The molecular formula is C61H41NO. The van der Waals surface area contributed by atoms with E-state index in [9.17, 15) is 0 Å². The molecule has 0 unspecified atom stereocenters. The summed E-state index contributed by atoms with van der Waals surface area (Å²) >= 11 is 0. The number of para-hydroxylation sites is 4. The first-order valence-corrected chi connectivity index (χ1v) is 21.7. The molecule has 0 fully saturated rings. The van der Waals surface area contributed by atoms with Crippen molar-refractivity contribution < 1.29 is 4.74 Å². The third-order valence-electron chi connectivity index (χ3n) is 13.0. The van der Waals surface area contributed by atoms with Gasteiger partial charge in [0.25, 0.3) is 0 Å². The second-order valence-electron chi connectivity index (χ2n) is 16.4. The number of fused-ring (bicyclic) bond motifs is 9. The van der Waals surface area contributed by atoms with Crippen LogP contribution < -0.4 is 9.64 Å². The van der Waals surface area contributed by atoms with Crippen molar-refractivity contribution in [2.45, 2.75) is 5.41 Å². The Morgan fingerprint density at radius 2 is 0.667 bits per heavy atom. The Morgan fingerprint density at radius 1 is 0.270 bits per heavy atom. The van der Waals surface area contributed by atoms with Crippen LogP contribution in [0.25, 0.3) is 55.6 Å². The first-order valence-electron chi connectivity index (χ1n) is 21.7. The molecule has 0 saturated carbocycles. The van der Waals surface area contributed by atoms with E-state index in [0.29, 0.717) is 0 Å². The molecule has 0 bridgehead atoms. The number of hydrogen-bond acceptors (Lipinski definition) is 2. The van der Waals surface area contributed by atoms with Gasteiger partial charge < -0.3 is 9.64 Å². The highest BCUT2D eigenvalue weighted by Crippen LogP contribution is 2.62. The lowest BCUT2D eigenvalue weighted by Crippen LogP contribution is -2.32. The van der Waals surface area contributed by atoms with Crippen molar-refractivity contribution in [2.24, 2.45) is 0 Å². The largest absolute Gasteiger partial charge is 0.457 e. The van der Waals surface area contributed by atoms with Gasteiger partial charge in [0.2, 0.25) is 0 Å². The molecule has 1 heterocycles. The van der Waals surface area contributed by atoms with Crippen molar-refractivity contribution in [1.29, 1.82) is 0 Å². The molecule has 0 radical (unpaired) electrons. The summed E-state index contributed by atoms with van der Waals surface area (Å²) in [5.41, 5.74) is 19.4. The fraction of sp³-hybridized carbons (Fsp3) is 0.0164. The number of rotatable bonds is 7. The summed E-state index contributed by atoms with van der Waals surface area (Å²) in [6, 6.07) is 90.1. The lowest BCUT2D eigenvalue weighted by Gasteiger charge is -2.39. The first-order chi connectivity index (χ1) is 31.3. The van der Waals surface area contributed by atoms with Gasteiger partial charge in [0.05, 0.1) is 16.8 Å². The minimum atomic E-state index is -0.562. The highest BCUT2D eigenvalue weighted by molar-refractivity contribution is 5.96. The molecule has 1 aliphatic carbocycles. The van der Waals surface area contributed by atoms with Gasteiger partial charge in [-0.2, -0.15) is 0 Å². The lowest BCUT2D eigenvalue weighted by molar-refractivity contribution is 0.436. The Balaban J connectivity index is 1.06. The van der Waals surface area contributed by atoms with Gasteiger partial charge in [0, 0.05) is 27.9 Å². The van der Waals surface area contributed by atoms with Gasteiger partial charge in [-0.05, 0) is 98.1 Å². The van der Waals surface area contributed by atoms with Crippen molar-refractivity contribution in [3.05, 3.63) is 271 Å². The zero-order valence-electron chi connectivity index (χ0n) is 34.5. The van der Waals surface area contributed by atoms with Crippen LogP contribution in [0.2, 0.25) is 0 Å². The summed E-state index contributed by atoms with van der Waals surface area (Å²) in [5.74, 6) is 1.78. The van der Waals surface area contributed by atoms with Crippen molar-refractivity contribution in [3.8, 4) is 67.1 Å². The molecule has 12 rings (SSSR count). The van der Waals surface area contributed by atoms with Crippen LogP contribution in [0.1, 0.15) is 22.3 Å². The topological polar surface area (TPSA) is 12.5 Å². The monoisotopic (exact) mass is 803 g/mol. The number of nitrogens with zero attached hydrogens (tertiary/aromatic N) is 1. The van der Waals surface area contributed by atoms with Crippen molar-refractivity contribution in [1.82, 2.24) is 0 Å². The van der Waals surface area contributed by atoms with E-state index in [2.05, 4.69) is 254 Å². The molecule has 10 aromatic carbocycles. The van der Waals surface area contributed by atoms with Gasteiger partial charge in [-0.3, -0.25) is 0 Å². The summed E-state index contributed by atoms with van der Waals surface area (Å²) in [7, 11) is 0. The van der Waals surface area contributed by atoms with Crippen molar-refractivity contribution in [3.63, 3.8) is 0 Å². The van der Waals surface area contributed by atoms with Crippen LogP contribution in [-0.2, 0) is 5.41 Å². The van der Waals surface area contributed by atoms with Gasteiger partial charge in [0.15, 0.2) is 0 Å². The Morgan fingerprint density at radius 3 is 1.25 bits per heavy atom. The van der Waals surface area contributed by atoms with Gasteiger partial charge in [-0.25, -0.2) is 0 Å². The molecule has 0 atom stereocenters. The van der Waals surface area contributed by atoms with Gasteiger partial charge in [-0.15, -0.1) is 0 Å². The maximum absolute atomic E-state index is 6.66. The SMILES string of the molecule is c1ccc(-c2ccc(-c3ccccc3N(c3ccc(-c4ccccc4)cc3)c3ccccc3-c3ccc4c(c3)C3(c5ccccc5Oc5ccccc53)c3ccccc3-4)cc2)cc1. The number of benzene rings is 10. The Bertz CT molecular complexity index is 3250. The van der Waals surface area contributed by atoms with Crippen LogP contribution in [0.5, 0.6) is 11.5 Å². The summed E-state index contributed by atoms with van der Waals surface area (Å²) in [6.45, 7) is 0. The second-order valence-corrected chi connectivity index (χ2v) is 16.4. The predicted octanol–water partition coefficient (Wildman–Crippen LogP) is 16.3. The molecule has 2 heteroatoms. The van der Waals surface area contributed by atoms with Crippen LogP contribution >= 0.6 is 0 Å². The highest BCUT2D eigenvalue weighted by atomic mass is 16.5. The van der Waals surface area contributed by atoms with E-state index in [1.165, 1.54) is 44.5 Å². The van der Waals surface area contributed by atoms with Gasteiger partial charge in [0.1, 0.15) is 11.5 Å². The minimum Gasteiger partial charge on any atom is -0.457 e. The van der Waals surface area contributed by atoms with Crippen LogP contribution in [0.4, 0.5) is 17.1 Å². The van der Waals surface area contributed by atoms with E-state index in [-0.39, 0.29) is 0 Å². The Kier molecular flexibility index (Phi) is 8.76. The average Bonchev–Trinajstić information content (AvgIpc) is 3.65. The number of ether oxygens (including phenoxy) is 1. The summed E-state index contributed by atoms with van der Waals surface area (Å²) in [6.07, 6.45) is 0. The smallest absolute Gasteiger partial charge is 0.132 e. The fourth-order valence-corrected chi connectivity index (χ4v) is 10.2. The van der Waals surface area contributed by atoms with Gasteiger partial charge >= 0.3 is 0 Å². The average molecular weight is 804 g/mol. The minimum absolute atomic E-state index is 0.562. The fourth-order valence-electron chi connectivity index (χ4n) is 10.2. The van der Waals surface area contributed by atoms with Crippen molar-refractivity contribution in [2.75, 3.05) is 4.90 Å². The van der Waals surface area contributed by atoms with E-state index >= 15 is 0 Å². The Labute approximate surface area is 368 Å². The standard InChI is InChI=1S/C61H41NO/c1-3-17-42(18-4-1)44-31-33-46(34-32-44)49-21-8-13-27-57(49)62(48-38-35-45(36-39-48)43-19-5-2-6-20-43)58-28-14-9-22-50(58)47-37-40-52-51-23-7-10-24-53(51)61(56(52)41-47)54-25-11-15-29-59(54)63-60-30-16-12-26-55(60)61/h1-41H. The van der Waals surface area contributed by atoms with E-state index in [1.54, 1.807) is 0 Å².